The van der Waals surface area contributed by atoms with E-state index in [1.54, 1.807) is 13.3 Å². The molecule has 29 heavy (non-hydrogen) atoms. The third kappa shape index (κ3) is 3.29. The number of imidazole rings is 1. The monoisotopic (exact) mass is 392 g/mol. The maximum atomic E-state index is 10.2. The standard InChI is InChI=1S/C21H24N6O2/c1-21(28)7-5-14(6-8-21)24-20-25-18-17(19(26-20)29-2)15(11-23-18)13-3-4-16-22-9-10-27(16)12-13/h3-4,9-12,14,28H,5-8H2,1-2H3,(H2,23,24,25,26). The van der Waals surface area contributed by atoms with E-state index in [-0.39, 0.29) is 6.04 Å². The zero-order valence-electron chi connectivity index (χ0n) is 16.5. The van der Waals surface area contributed by atoms with Crippen LogP contribution in [0.15, 0.2) is 36.9 Å². The normalized spacial score (nSPS) is 22.2. The minimum absolute atomic E-state index is 0.246. The molecular weight excluding hydrogens is 368 g/mol. The van der Waals surface area contributed by atoms with Crippen LogP contribution >= 0.6 is 0 Å². The van der Waals surface area contributed by atoms with E-state index < -0.39 is 5.60 Å². The van der Waals surface area contributed by atoms with Crippen molar-refractivity contribution < 1.29 is 9.84 Å². The predicted octanol–water partition coefficient (Wildman–Crippen LogP) is 3.39. The number of pyridine rings is 1. The van der Waals surface area contributed by atoms with Crippen LogP contribution in [0.1, 0.15) is 32.6 Å². The van der Waals surface area contributed by atoms with Gasteiger partial charge in [-0.1, -0.05) is 0 Å². The molecule has 5 rings (SSSR count). The summed E-state index contributed by atoms with van der Waals surface area (Å²) in [4.78, 5) is 16.8. The van der Waals surface area contributed by atoms with Crippen LogP contribution in [-0.2, 0) is 0 Å². The Labute approximate surface area is 168 Å². The summed E-state index contributed by atoms with van der Waals surface area (Å²) in [5.41, 5.74) is 3.06. The number of aromatic nitrogens is 5. The van der Waals surface area contributed by atoms with Crippen molar-refractivity contribution >= 4 is 22.6 Å². The van der Waals surface area contributed by atoms with Gasteiger partial charge in [-0.3, -0.25) is 0 Å². The molecular formula is C21H24N6O2. The summed E-state index contributed by atoms with van der Waals surface area (Å²) in [5, 5.41) is 14.4. The Balaban J connectivity index is 1.49. The number of ether oxygens (including phenoxy) is 1. The van der Waals surface area contributed by atoms with Gasteiger partial charge in [-0.25, -0.2) is 4.98 Å². The smallest absolute Gasteiger partial charge is 0.228 e. The van der Waals surface area contributed by atoms with E-state index in [9.17, 15) is 5.11 Å². The molecule has 0 amide bonds. The highest BCUT2D eigenvalue weighted by molar-refractivity contribution is 5.97. The van der Waals surface area contributed by atoms with Gasteiger partial charge in [-0.15, -0.1) is 0 Å². The third-order valence-electron chi connectivity index (χ3n) is 5.79. The molecule has 0 radical (unpaired) electrons. The number of anilines is 1. The summed E-state index contributed by atoms with van der Waals surface area (Å²) in [6.45, 7) is 1.90. The van der Waals surface area contributed by atoms with Crippen LogP contribution < -0.4 is 10.1 Å². The Kier molecular flexibility index (Phi) is 4.16. The number of fused-ring (bicyclic) bond motifs is 2. The number of nitrogens with zero attached hydrogens (tertiary/aromatic N) is 4. The van der Waals surface area contributed by atoms with E-state index in [0.717, 1.165) is 53.5 Å². The molecule has 1 aliphatic rings. The lowest BCUT2D eigenvalue weighted by molar-refractivity contribution is 0.0195. The highest BCUT2D eigenvalue weighted by Crippen LogP contribution is 2.35. The average molecular weight is 392 g/mol. The van der Waals surface area contributed by atoms with Crippen LogP contribution in [-0.4, -0.2) is 48.2 Å². The molecule has 4 heterocycles. The van der Waals surface area contributed by atoms with Crippen molar-refractivity contribution in [3.05, 3.63) is 36.9 Å². The second kappa shape index (κ2) is 6.73. The topological polar surface area (TPSA) is 100 Å². The van der Waals surface area contributed by atoms with Crippen LogP contribution in [0.25, 0.3) is 27.8 Å². The van der Waals surface area contributed by atoms with Gasteiger partial charge in [0.15, 0.2) is 0 Å². The number of H-pyrrole nitrogens is 1. The van der Waals surface area contributed by atoms with Crippen LogP contribution in [0.2, 0.25) is 0 Å². The van der Waals surface area contributed by atoms with E-state index in [0.29, 0.717) is 11.8 Å². The van der Waals surface area contributed by atoms with Crippen molar-refractivity contribution in [3.63, 3.8) is 0 Å². The molecule has 3 N–H and O–H groups in total. The molecule has 8 nitrogen and oxygen atoms in total. The third-order valence-corrected chi connectivity index (χ3v) is 5.79. The molecule has 1 aliphatic carbocycles. The van der Waals surface area contributed by atoms with E-state index in [1.165, 1.54) is 0 Å². The van der Waals surface area contributed by atoms with E-state index in [1.807, 2.05) is 42.0 Å². The maximum absolute atomic E-state index is 10.2. The summed E-state index contributed by atoms with van der Waals surface area (Å²) in [7, 11) is 1.62. The SMILES string of the molecule is COc1nc(NC2CCC(C)(O)CC2)nc2[nH]cc(-c3ccc4nccn4c3)c12. The molecule has 1 saturated carbocycles. The molecule has 8 heteroatoms. The summed E-state index contributed by atoms with van der Waals surface area (Å²) >= 11 is 0. The molecule has 0 aromatic carbocycles. The van der Waals surface area contributed by atoms with Gasteiger partial charge in [0, 0.05) is 42.0 Å². The summed E-state index contributed by atoms with van der Waals surface area (Å²) in [6.07, 6.45) is 11.0. The zero-order valence-corrected chi connectivity index (χ0v) is 16.5. The number of rotatable bonds is 4. The first-order chi connectivity index (χ1) is 14.0. The van der Waals surface area contributed by atoms with Crippen molar-refractivity contribution in [2.75, 3.05) is 12.4 Å². The van der Waals surface area contributed by atoms with Gasteiger partial charge >= 0.3 is 0 Å². The van der Waals surface area contributed by atoms with E-state index in [4.69, 9.17) is 4.74 Å². The Hall–Kier alpha value is -3.13. The quantitative estimate of drug-likeness (QED) is 0.492. The molecule has 0 aliphatic heterocycles. The molecule has 0 saturated heterocycles. The largest absolute Gasteiger partial charge is 0.480 e. The highest BCUT2D eigenvalue weighted by Gasteiger charge is 2.29. The molecule has 0 bridgehead atoms. The van der Waals surface area contributed by atoms with E-state index in [2.05, 4.69) is 25.3 Å². The molecule has 4 aromatic rings. The van der Waals surface area contributed by atoms with Crippen LogP contribution in [0.4, 0.5) is 5.95 Å². The zero-order chi connectivity index (χ0) is 20.0. The number of aliphatic hydroxyl groups is 1. The fourth-order valence-electron chi connectivity index (χ4n) is 4.09. The first kappa shape index (κ1) is 17.9. The van der Waals surface area contributed by atoms with Crippen molar-refractivity contribution in [2.24, 2.45) is 0 Å². The van der Waals surface area contributed by atoms with Gasteiger partial charge in [0.1, 0.15) is 11.3 Å². The van der Waals surface area contributed by atoms with Gasteiger partial charge in [-0.05, 0) is 44.7 Å². The molecule has 4 aromatic heterocycles. The predicted molar refractivity (Wildman–Crippen MR) is 111 cm³/mol. The Morgan fingerprint density at radius 1 is 1.28 bits per heavy atom. The number of nitrogens with one attached hydrogen (secondary N) is 2. The summed E-state index contributed by atoms with van der Waals surface area (Å²) in [5.74, 6) is 1.07. The van der Waals surface area contributed by atoms with Gasteiger partial charge in [-0.2, -0.15) is 9.97 Å². The van der Waals surface area contributed by atoms with Gasteiger partial charge in [0.2, 0.25) is 11.8 Å². The lowest BCUT2D eigenvalue weighted by atomic mass is 9.84. The van der Waals surface area contributed by atoms with Crippen LogP contribution in [0, 0.1) is 0 Å². The van der Waals surface area contributed by atoms with Gasteiger partial charge in [0.05, 0.1) is 18.1 Å². The van der Waals surface area contributed by atoms with Gasteiger partial charge in [0.25, 0.3) is 0 Å². The van der Waals surface area contributed by atoms with Crippen molar-refractivity contribution in [1.82, 2.24) is 24.3 Å². The molecule has 150 valence electrons. The first-order valence-corrected chi connectivity index (χ1v) is 9.87. The Morgan fingerprint density at radius 2 is 2.10 bits per heavy atom. The van der Waals surface area contributed by atoms with Crippen molar-refractivity contribution in [1.29, 1.82) is 0 Å². The van der Waals surface area contributed by atoms with Crippen LogP contribution in [0.3, 0.4) is 0 Å². The maximum Gasteiger partial charge on any atom is 0.228 e. The van der Waals surface area contributed by atoms with Crippen molar-refractivity contribution in [3.8, 4) is 17.0 Å². The molecule has 0 atom stereocenters. The lowest BCUT2D eigenvalue weighted by Gasteiger charge is -2.33. The Bertz CT molecular complexity index is 1170. The fourth-order valence-corrected chi connectivity index (χ4v) is 4.09. The number of methoxy groups -OCH3 is 1. The first-order valence-electron chi connectivity index (χ1n) is 9.87. The fraction of sp³-hybridized carbons (Fsp3) is 0.381. The Morgan fingerprint density at radius 3 is 2.90 bits per heavy atom. The van der Waals surface area contributed by atoms with Gasteiger partial charge < -0.3 is 24.5 Å². The second-order valence-electron chi connectivity index (χ2n) is 8.01. The lowest BCUT2D eigenvalue weighted by Crippen LogP contribution is -2.36. The molecule has 0 unspecified atom stereocenters. The van der Waals surface area contributed by atoms with E-state index >= 15 is 0 Å². The highest BCUT2D eigenvalue weighted by atomic mass is 16.5. The summed E-state index contributed by atoms with van der Waals surface area (Å²) < 4.78 is 7.59. The number of aromatic amines is 1. The minimum Gasteiger partial charge on any atom is -0.480 e. The second-order valence-corrected chi connectivity index (χ2v) is 8.01. The minimum atomic E-state index is -0.564. The average Bonchev–Trinajstić information content (AvgIpc) is 3.35. The number of hydrogen-bond donors (Lipinski definition) is 3. The molecule has 0 spiro atoms. The van der Waals surface area contributed by atoms with Crippen molar-refractivity contribution in [2.45, 2.75) is 44.2 Å². The van der Waals surface area contributed by atoms with Crippen LogP contribution in [0.5, 0.6) is 5.88 Å². The number of hydrogen-bond acceptors (Lipinski definition) is 6. The summed E-state index contributed by atoms with van der Waals surface area (Å²) in [6, 6.07) is 4.26. The molecule has 1 fully saturated rings.